The first-order valence-electron chi connectivity index (χ1n) is 3.22. The normalized spacial score (nSPS) is 34.2. The van der Waals surface area contributed by atoms with Crippen molar-refractivity contribution in [3.63, 3.8) is 0 Å². The third-order valence-corrected chi connectivity index (χ3v) is 10.1. The molecule has 1 fully saturated rings. The molecule has 0 aromatic heterocycles. The third kappa shape index (κ3) is 3.06. The molecule has 4 heteroatoms. The molecule has 0 saturated carbocycles. The van der Waals surface area contributed by atoms with Crippen LogP contribution in [0.1, 0.15) is 0 Å². The molecule has 0 radical (unpaired) electrons. The van der Waals surface area contributed by atoms with E-state index in [2.05, 4.69) is 43.6 Å². The fourth-order valence-electron chi connectivity index (χ4n) is 0.843. The van der Waals surface area contributed by atoms with Gasteiger partial charge in [-0.05, 0) is 0 Å². The first-order valence-corrected chi connectivity index (χ1v) is 8.59. The van der Waals surface area contributed by atoms with E-state index in [9.17, 15) is 0 Å². The van der Waals surface area contributed by atoms with Crippen molar-refractivity contribution in [3.05, 3.63) is 0 Å². The second-order valence-corrected chi connectivity index (χ2v) is 7.96. The molecule has 1 rings (SSSR count). The quantitative estimate of drug-likeness (QED) is 0.544. The van der Waals surface area contributed by atoms with E-state index >= 15 is 0 Å². The molecule has 0 aromatic rings. The molecule has 0 aliphatic carbocycles. The third-order valence-electron chi connectivity index (χ3n) is 1.34. The van der Waals surface area contributed by atoms with Crippen molar-refractivity contribution in [1.82, 2.24) is 0 Å². The van der Waals surface area contributed by atoms with Gasteiger partial charge in [0.1, 0.15) is 0 Å². The molecule has 0 bridgehead atoms. The molecule has 60 valence electrons. The Morgan fingerprint density at radius 2 is 1.70 bits per heavy atom. The van der Waals surface area contributed by atoms with Gasteiger partial charge in [0.05, 0.1) is 0 Å². The maximum atomic E-state index is 3.55. The van der Waals surface area contributed by atoms with Crippen molar-refractivity contribution < 1.29 is 0 Å². The maximum absolute atomic E-state index is 3.55. The average Bonchev–Trinajstić information content (AvgIpc) is 2.05. The van der Waals surface area contributed by atoms with Crippen molar-refractivity contribution in [2.24, 2.45) is 0 Å². The zero-order valence-electron chi connectivity index (χ0n) is 5.56. The Labute approximate surface area is 89.7 Å². The van der Waals surface area contributed by atoms with Gasteiger partial charge in [0, 0.05) is 0 Å². The molecular weight excluding hydrogens is 343 g/mol. The van der Waals surface area contributed by atoms with E-state index in [0.717, 1.165) is 24.6 Å². The molecule has 0 aromatic carbocycles. The summed E-state index contributed by atoms with van der Waals surface area (Å²) in [7, 11) is 0. The monoisotopic (exact) mass is 352 g/mol. The van der Waals surface area contributed by atoms with E-state index in [1.165, 1.54) is 22.2 Å². The fraction of sp³-hybridized carbons (Fsp3) is 1.00. The van der Waals surface area contributed by atoms with Crippen LogP contribution in [0.15, 0.2) is 0 Å². The Bertz CT molecular complexity index is 91.7. The van der Waals surface area contributed by atoms with Crippen LogP contribution in [-0.4, -0.2) is 37.1 Å². The van der Waals surface area contributed by atoms with Crippen LogP contribution in [0.25, 0.3) is 0 Å². The Morgan fingerprint density at radius 3 is 2.10 bits per heavy atom. The average molecular weight is 353 g/mol. The van der Waals surface area contributed by atoms with Crippen molar-refractivity contribution >= 4 is 58.6 Å². The minimum atomic E-state index is 0.873. The molecule has 1 heterocycles. The van der Waals surface area contributed by atoms with Crippen LogP contribution in [-0.2, 0) is 0 Å². The first kappa shape index (κ1) is 9.91. The van der Waals surface area contributed by atoms with E-state index in [0.29, 0.717) is 0 Å². The van der Waals surface area contributed by atoms with Crippen LogP contribution in [0, 0.1) is 0 Å². The number of hydrogen-bond acceptors (Lipinski definition) is 1. The summed E-state index contributed by atoms with van der Waals surface area (Å²) in [6, 6.07) is 0. The summed E-state index contributed by atoms with van der Waals surface area (Å²) in [5.41, 5.74) is 0. The first-order chi connectivity index (χ1) is 4.86. The van der Waals surface area contributed by atoms with Gasteiger partial charge in [0.25, 0.3) is 0 Å². The van der Waals surface area contributed by atoms with Gasteiger partial charge in [-0.2, -0.15) is 0 Å². The molecule has 1 aliphatic rings. The van der Waals surface area contributed by atoms with Gasteiger partial charge < -0.3 is 0 Å². The number of halogens is 2. The van der Waals surface area contributed by atoms with E-state index in [1.807, 2.05) is 0 Å². The summed E-state index contributed by atoms with van der Waals surface area (Å²) < 4.78 is 0. The molecule has 2 unspecified atom stereocenters. The van der Waals surface area contributed by atoms with E-state index in [-0.39, 0.29) is 0 Å². The summed E-state index contributed by atoms with van der Waals surface area (Å²) in [5.74, 6) is 2.77. The molecule has 1 aliphatic heterocycles. The van der Waals surface area contributed by atoms with Crippen molar-refractivity contribution in [2.45, 2.75) is 9.63 Å². The predicted molar refractivity (Wildman–Crippen MR) is 58.2 cm³/mol. The van der Waals surface area contributed by atoms with Crippen LogP contribution in [0.2, 0.25) is 9.63 Å². The van der Waals surface area contributed by atoms with Gasteiger partial charge in [-0.1, -0.05) is 0 Å². The summed E-state index contributed by atoms with van der Waals surface area (Å²) in [4.78, 5) is 1.96. The van der Waals surface area contributed by atoms with E-state index in [1.54, 1.807) is 0 Å². The Kier molecular flexibility index (Phi) is 5.42. The molecule has 0 spiro atoms. The molecule has 0 amide bonds. The number of thioether (sulfide) groups is 1. The number of hydrogen-bond donors (Lipinski definition) is 0. The zero-order chi connectivity index (χ0) is 7.40. The summed E-state index contributed by atoms with van der Waals surface area (Å²) in [5, 5.41) is 2.42. The summed E-state index contributed by atoms with van der Waals surface area (Å²) >= 11 is 10.1. The van der Waals surface area contributed by atoms with Crippen LogP contribution >= 0.6 is 43.6 Å². The molecule has 2 atom stereocenters. The molecule has 10 heavy (non-hydrogen) atoms. The predicted octanol–water partition coefficient (Wildman–Crippen LogP) is 2.80. The van der Waals surface area contributed by atoms with Gasteiger partial charge in [0.15, 0.2) is 0 Å². The SMILES string of the molecule is BrCC1CSCC(CBr)[Se]1. The minimum absolute atomic E-state index is 0.873. The molecule has 0 N–H and O–H groups in total. The van der Waals surface area contributed by atoms with E-state index in [4.69, 9.17) is 0 Å². The Balaban J connectivity index is 2.25. The van der Waals surface area contributed by atoms with Gasteiger partial charge in [-0.25, -0.2) is 0 Å². The Hall–Kier alpha value is 1.83. The molecule has 1 saturated heterocycles. The van der Waals surface area contributed by atoms with Crippen LogP contribution in [0.5, 0.6) is 0 Å². The van der Waals surface area contributed by atoms with E-state index < -0.39 is 0 Å². The van der Waals surface area contributed by atoms with Crippen LogP contribution < -0.4 is 0 Å². The second-order valence-electron chi connectivity index (χ2n) is 2.23. The zero-order valence-corrected chi connectivity index (χ0v) is 11.3. The topological polar surface area (TPSA) is 0 Å². The Morgan fingerprint density at radius 1 is 1.20 bits per heavy atom. The van der Waals surface area contributed by atoms with Crippen LogP contribution in [0.3, 0.4) is 0 Å². The van der Waals surface area contributed by atoms with Crippen molar-refractivity contribution in [1.29, 1.82) is 0 Å². The van der Waals surface area contributed by atoms with Crippen molar-refractivity contribution in [2.75, 3.05) is 22.2 Å². The fourth-order valence-corrected chi connectivity index (χ4v) is 8.20. The molecule has 0 nitrogen and oxygen atoms in total. The van der Waals surface area contributed by atoms with Gasteiger partial charge in [-0.15, -0.1) is 0 Å². The van der Waals surface area contributed by atoms with Gasteiger partial charge >= 0.3 is 90.4 Å². The number of rotatable bonds is 2. The number of alkyl halides is 2. The molecular formula is C6H10Br2SSe. The summed E-state index contributed by atoms with van der Waals surface area (Å²) in [6.45, 7) is 0. The summed E-state index contributed by atoms with van der Waals surface area (Å²) in [6.07, 6.45) is 0. The standard InChI is InChI=1S/C6H10Br2SSe/c7-1-5-3-9-4-6(2-8)10-5/h5-6H,1-4H2. The van der Waals surface area contributed by atoms with Gasteiger partial charge in [-0.3, -0.25) is 0 Å². The van der Waals surface area contributed by atoms with Crippen LogP contribution in [0.4, 0.5) is 0 Å². The van der Waals surface area contributed by atoms with Crippen molar-refractivity contribution in [3.8, 4) is 0 Å². The van der Waals surface area contributed by atoms with Gasteiger partial charge in [0.2, 0.25) is 0 Å². The second kappa shape index (κ2) is 5.47.